The van der Waals surface area contributed by atoms with Crippen molar-refractivity contribution in [3.63, 3.8) is 0 Å². The van der Waals surface area contributed by atoms with Gasteiger partial charge in [0.2, 0.25) is 5.91 Å². The molecule has 1 aliphatic heterocycles. The number of nitrogens with zero attached hydrogens (tertiary/aromatic N) is 1. The molecule has 4 nitrogen and oxygen atoms in total. The second kappa shape index (κ2) is 8.52. The van der Waals surface area contributed by atoms with E-state index in [1.807, 2.05) is 103 Å². The number of thioether (sulfide) groups is 1. The zero-order valence-electron chi connectivity index (χ0n) is 17.6. The molecule has 5 rings (SSSR count). The van der Waals surface area contributed by atoms with Crippen LogP contribution in [0.5, 0.6) is 0 Å². The first-order chi connectivity index (χ1) is 15.6. The van der Waals surface area contributed by atoms with Crippen molar-refractivity contribution in [3.8, 4) is 0 Å². The van der Waals surface area contributed by atoms with Crippen LogP contribution in [0.15, 0.2) is 91.0 Å². The molecule has 0 radical (unpaired) electrons. The minimum absolute atomic E-state index is 0.0933. The number of fused-ring (bicyclic) bond motifs is 1. The molecule has 2 amide bonds. The van der Waals surface area contributed by atoms with E-state index in [2.05, 4.69) is 5.32 Å². The van der Waals surface area contributed by atoms with Crippen LogP contribution in [-0.2, 0) is 4.79 Å². The van der Waals surface area contributed by atoms with E-state index in [0.717, 1.165) is 27.6 Å². The number of rotatable bonds is 4. The highest BCUT2D eigenvalue weighted by Crippen LogP contribution is 2.42. The van der Waals surface area contributed by atoms with E-state index in [1.165, 1.54) is 0 Å². The molecule has 0 unspecified atom stereocenters. The molecule has 1 heterocycles. The summed E-state index contributed by atoms with van der Waals surface area (Å²) in [6, 6.07) is 29.4. The van der Waals surface area contributed by atoms with Crippen molar-refractivity contribution >= 4 is 45.7 Å². The second-order valence-electron chi connectivity index (χ2n) is 7.87. The molecule has 1 atom stereocenters. The van der Waals surface area contributed by atoms with Gasteiger partial charge in [0.05, 0.1) is 5.75 Å². The van der Waals surface area contributed by atoms with E-state index >= 15 is 0 Å². The van der Waals surface area contributed by atoms with Gasteiger partial charge in [0.1, 0.15) is 5.37 Å². The Bertz CT molecular complexity index is 1330. The third-order valence-electron chi connectivity index (χ3n) is 5.61. The van der Waals surface area contributed by atoms with Crippen molar-refractivity contribution in [3.05, 3.63) is 108 Å². The van der Waals surface area contributed by atoms with Crippen molar-refractivity contribution < 1.29 is 9.59 Å². The summed E-state index contributed by atoms with van der Waals surface area (Å²) in [5.41, 5.74) is 4.35. The Morgan fingerprint density at radius 1 is 0.938 bits per heavy atom. The fourth-order valence-corrected chi connectivity index (χ4v) is 5.29. The van der Waals surface area contributed by atoms with Gasteiger partial charge in [0, 0.05) is 16.9 Å². The first kappa shape index (κ1) is 20.3. The predicted octanol–water partition coefficient (Wildman–Crippen LogP) is 6.18. The number of benzene rings is 4. The molecular weight excluding hydrogens is 416 g/mol. The predicted molar refractivity (Wildman–Crippen MR) is 132 cm³/mol. The molecule has 0 saturated carbocycles. The van der Waals surface area contributed by atoms with Crippen LogP contribution in [0.25, 0.3) is 10.8 Å². The van der Waals surface area contributed by atoms with Gasteiger partial charge in [-0.3, -0.25) is 14.5 Å². The third-order valence-corrected chi connectivity index (χ3v) is 6.82. The van der Waals surface area contributed by atoms with Gasteiger partial charge in [-0.2, -0.15) is 0 Å². The molecule has 1 N–H and O–H groups in total. The van der Waals surface area contributed by atoms with Crippen LogP contribution >= 0.6 is 11.8 Å². The molecule has 32 heavy (non-hydrogen) atoms. The van der Waals surface area contributed by atoms with Crippen LogP contribution in [-0.4, -0.2) is 17.6 Å². The molecule has 1 aliphatic rings. The molecule has 0 bridgehead atoms. The number of nitrogens with one attached hydrogen (secondary N) is 1. The van der Waals surface area contributed by atoms with Crippen molar-refractivity contribution in [2.45, 2.75) is 12.3 Å². The maximum absolute atomic E-state index is 13.1. The molecule has 158 valence electrons. The van der Waals surface area contributed by atoms with E-state index in [0.29, 0.717) is 17.0 Å². The van der Waals surface area contributed by atoms with Crippen molar-refractivity contribution in [1.29, 1.82) is 0 Å². The molecule has 4 aromatic rings. The van der Waals surface area contributed by atoms with Crippen LogP contribution in [0.1, 0.15) is 26.9 Å². The van der Waals surface area contributed by atoms with Gasteiger partial charge in [-0.15, -0.1) is 11.8 Å². The summed E-state index contributed by atoms with van der Waals surface area (Å²) < 4.78 is 0. The van der Waals surface area contributed by atoms with Gasteiger partial charge in [-0.05, 0) is 59.2 Å². The molecule has 1 fully saturated rings. The summed E-state index contributed by atoms with van der Waals surface area (Å²) >= 11 is 1.60. The zero-order valence-corrected chi connectivity index (χ0v) is 18.4. The highest BCUT2D eigenvalue weighted by Gasteiger charge is 2.34. The average Bonchev–Trinajstić information content (AvgIpc) is 3.20. The third kappa shape index (κ3) is 3.87. The monoisotopic (exact) mass is 438 g/mol. The Morgan fingerprint density at radius 2 is 1.72 bits per heavy atom. The number of aryl methyl sites for hydroxylation is 1. The number of carbonyl (C=O) groups excluding carboxylic acids is 2. The minimum atomic E-state index is -0.148. The fourth-order valence-electron chi connectivity index (χ4n) is 4.12. The van der Waals surface area contributed by atoms with Gasteiger partial charge < -0.3 is 5.32 Å². The lowest BCUT2D eigenvalue weighted by atomic mass is 10.0. The number of anilines is 2. The zero-order chi connectivity index (χ0) is 22.1. The molecule has 5 heteroatoms. The second-order valence-corrected chi connectivity index (χ2v) is 8.94. The van der Waals surface area contributed by atoms with Crippen LogP contribution in [0.3, 0.4) is 0 Å². The maximum Gasteiger partial charge on any atom is 0.256 e. The quantitative estimate of drug-likeness (QED) is 0.414. The Labute approximate surface area is 191 Å². The van der Waals surface area contributed by atoms with Crippen molar-refractivity contribution in [1.82, 2.24) is 0 Å². The normalized spacial score (nSPS) is 15.8. The van der Waals surface area contributed by atoms with E-state index in [4.69, 9.17) is 0 Å². The van der Waals surface area contributed by atoms with Crippen LogP contribution in [0.2, 0.25) is 0 Å². The summed E-state index contributed by atoms with van der Waals surface area (Å²) in [5, 5.41) is 4.86. The average molecular weight is 439 g/mol. The van der Waals surface area contributed by atoms with Crippen LogP contribution in [0, 0.1) is 6.92 Å². The summed E-state index contributed by atoms with van der Waals surface area (Å²) in [7, 11) is 0. The van der Waals surface area contributed by atoms with E-state index in [1.54, 1.807) is 11.8 Å². The minimum Gasteiger partial charge on any atom is -0.322 e. The molecule has 0 spiro atoms. The van der Waals surface area contributed by atoms with Crippen LogP contribution in [0.4, 0.5) is 11.4 Å². The van der Waals surface area contributed by atoms with Crippen molar-refractivity contribution in [2.75, 3.05) is 16.0 Å². The van der Waals surface area contributed by atoms with Gasteiger partial charge in [-0.25, -0.2) is 0 Å². The first-order valence-electron chi connectivity index (χ1n) is 10.5. The molecule has 0 aliphatic carbocycles. The Balaban J connectivity index is 1.43. The Hall–Kier alpha value is -3.57. The molecule has 0 aromatic heterocycles. The Morgan fingerprint density at radius 3 is 2.59 bits per heavy atom. The van der Waals surface area contributed by atoms with E-state index < -0.39 is 0 Å². The highest BCUT2D eigenvalue weighted by molar-refractivity contribution is 8.00. The smallest absolute Gasteiger partial charge is 0.256 e. The van der Waals surface area contributed by atoms with Gasteiger partial charge in [-0.1, -0.05) is 60.7 Å². The summed E-state index contributed by atoms with van der Waals surface area (Å²) in [4.78, 5) is 27.6. The van der Waals surface area contributed by atoms with Gasteiger partial charge in [0.15, 0.2) is 0 Å². The lowest BCUT2D eigenvalue weighted by Crippen LogP contribution is -2.27. The standard InChI is InChI=1S/C27H22N2O2S/c1-18-7-4-12-22(15-18)29-25(30)17-32-27(29)20-10-5-11-21(16-20)28-26(31)24-14-6-9-19-8-2-3-13-23(19)24/h2-16,27H,17H2,1H3,(H,28,31)/t27-/m1/s1. The number of hydrogen-bond donors (Lipinski definition) is 1. The summed E-state index contributed by atoms with van der Waals surface area (Å²) in [6.45, 7) is 2.02. The highest BCUT2D eigenvalue weighted by atomic mass is 32.2. The van der Waals surface area contributed by atoms with Crippen molar-refractivity contribution in [2.24, 2.45) is 0 Å². The summed E-state index contributed by atoms with van der Waals surface area (Å²) in [5.74, 6) is 0.381. The number of carbonyl (C=O) groups is 2. The first-order valence-corrected chi connectivity index (χ1v) is 11.5. The molecular formula is C27H22N2O2S. The van der Waals surface area contributed by atoms with E-state index in [9.17, 15) is 9.59 Å². The maximum atomic E-state index is 13.1. The fraction of sp³-hybridized carbons (Fsp3) is 0.111. The van der Waals surface area contributed by atoms with Gasteiger partial charge in [0.25, 0.3) is 5.91 Å². The largest absolute Gasteiger partial charge is 0.322 e. The number of hydrogen-bond acceptors (Lipinski definition) is 3. The SMILES string of the molecule is Cc1cccc(N2C(=O)CS[C@@H]2c2cccc(NC(=O)c3cccc4ccccc34)c2)c1. The van der Waals surface area contributed by atoms with Gasteiger partial charge >= 0.3 is 0 Å². The van der Waals surface area contributed by atoms with Crippen LogP contribution < -0.4 is 10.2 Å². The lowest BCUT2D eigenvalue weighted by Gasteiger charge is -2.25. The lowest BCUT2D eigenvalue weighted by molar-refractivity contribution is -0.115. The molecule has 4 aromatic carbocycles. The molecule has 1 saturated heterocycles. The Kier molecular flexibility index (Phi) is 5.41. The number of amides is 2. The summed E-state index contributed by atoms with van der Waals surface area (Å²) in [6.07, 6.45) is 0. The van der Waals surface area contributed by atoms with E-state index in [-0.39, 0.29) is 17.2 Å². The topological polar surface area (TPSA) is 49.4 Å².